The molecule has 1 rings (SSSR count). The molecule has 4 N–H and O–H groups in total. The van der Waals surface area contributed by atoms with Crippen molar-refractivity contribution in [3.63, 3.8) is 0 Å². The van der Waals surface area contributed by atoms with Crippen LogP contribution in [0, 0.1) is 11.3 Å². The summed E-state index contributed by atoms with van der Waals surface area (Å²) in [5, 5.41) is 15.6. The Labute approximate surface area is 68.7 Å². The number of carboxylic acids is 1. The molecule has 5 heteroatoms. The first-order valence-corrected chi connectivity index (χ1v) is 4.22. The molecule has 0 aromatic rings. The zero-order valence-electron chi connectivity index (χ0n) is 5.91. The van der Waals surface area contributed by atoms with Crippen LogP contribution in [0.4, 0.5) is 0 Å². The number of hydrogen-bond donors (Lipinski definition) is 3. The number of hydrogen-bond acceptors (Lipinski definition) is 3. The molecule has 0 saturated heterocycles. The van der Waals surface area contributed by atoms with Gasteiger partial charge in [-0.1, -0.05) is 11.8 Å². The topological polar surface area (TPSA) is 87.2 Å². The van der Waals surface area contributed by atoms with Crippen molar-refractivity contribution in [2.75, 3.05) is 0 Å². The van der Waals surface area contributed by atoms with Crippen LogP contribution in [0.15, 0.2) is 0 Å². The van der Waals surface area contributed by atoms with Crippen LogP contribution in [-0.2, 0) is 4.79 Å². The molecule has 1 fully saturated rings. The number of carboxylic acid groups (broad SMARTS) is 1. The molecule has 0 aromatic heterocycles. The molecule has 0 unspecified atom stereocenters. The van der Waals surface area contributed by atoms with Gasteiger partial charge in [0.25, 0.3) is 0 Å². The predicted molar refractivity (Wildman–Crippen MR) is 43.7 cm³/mol. The summed E-state index contributed by atoms with van der Waals surface area (Å²) in [6.45, 7) is 0. The van der Waals surface area contributed by atoms with Crippen molar-refractivity contribution in [2.24, 2.45) is 11.7 Å². The molecule has 4 nitrogen and oxygen atoms in total. The minimum Gasteiger partial charge on any atom is -0.481 e. The summed E-state index contributed by atoms with van der Waals surface area (Å²) in [6.07, 6.45) is 1.58. The third kappa shape index (κ3) is 1.86. The van der Waals surface area contributed by atoms with E-state index in [1.807, 2.05) is 0 Å². The summed E-state index contributed by atoms with van der Waals surface area (Å²) in [7, 11) is 0. The van der Waals surface area contributed by atoms with Gasteiger partial charge in [-0.15, -0.1) is 0 Å². The Bertz CT molecular complexity index is 195. The smallest absolute Gasteiger partial charge is 0.307 e. The molecular weight excluding hydrogens is 164 g/mol. The van der Waals surface area contributed by atoms with Crippen LogP contribution in [0.5, 0.6) is 0 Å². The Morgan fingerprint density at radius 2 is 2.27 bits per heavy atom. The monoisotopic (exact) mass is 174 g/mol. The first kappa shape index (κ1) is 8.39. The first-order valence-electron chi connectivity index (χ1n) is 3.34. The number of nitrogens with two attached hydrogens (primary N) is 1. The lowest BCUT2D eigenvalue weighted by molar-refractivity contribution is -0.144. The van der Waals surface area contributed by atoms with Crippen molar-refractivity contribution < 1.29 is 9.90 Å². The highest BCUT2D eigenvalue weighted by atomic mass is 32.2. The van der Waals surface area contributed by atoms with Gasteiger partial charge in [-0.3, -0.25) is 10.2 Å². The maximum atomic E-state index is 10.4. The van der Waals surface area contributed by atoms with Gasteiger partial charge in [0.05, 0.1) is 5.92 Å². The summed E-state index contributed by atoms with van der Waals surface area (Å²) >= 11 is 1.16. The minimum absolute atomic E-state index is 0.0148. The normalized spacial score (nSPS) is 29.1. The van der Waals surface area contributed by atoms with E-state index in [0.29, 0.717) is 0 Å². The number of carbonyl (C=O) groups is 1. The Kier molecular flexibility index (Phi) is 2.38. The fourth-order valence-electron chi connectivity index (χ4n) is 1.06. The molecule has 0 aromatic carbocycles. The van der Waals surface area contributed by atoms with Crippen LogP contribution in [-0.4, -0.2) is 21.5 Å². The molecular formula is C6H10N2O2S. The van der Waals surface area contributed by atoms with Crippen molar-refractivity contribution in [2.45, 2.75) is 18.1 Å². The molecule has 0 aliphatic heterocycles. The molecule has 0 amide bonds. The third-order valence-electron chi connectivity index (χ3n) is 1.81. The van der Waals surface area contributed by atoms with Crippen molar-refractivity contribution >= 4 is 22.9 Å². The summed E-state index contributed by atoms with van der Waals surface area (Å²) < 4.78 is 0. The fraction of sp³-hybridized carbons (Fsp3) is 0.667. The van der Waals surface area contributed by atoms with E-state index in [2.05, 4.69) is 0 Å². The van der Waals surface area contributed by atoms with E-state index in [9.17, 15) is 4.79 Å². The fourth-order valence-corrected chi connectivity index (χ4v) is 2.05. The molecule has 11 heavy (non-hydrogen) atoms. The van der Waals surface area contributed by atoms with Crippen molar-refractivity contribution in [1.82, 2.24) is 0 Å². The van der Waals surface area contributed by atoms with Crippen LogP contribution in [0.2, 0.25) is 0 Å². The molecule has 0 heterocycles. The van der Waals surface area contributed by atoms with E-state index < -0.39 is 5.97 Å². The number of rotatable bonds is 2. The summed E-state index contributed by atoms with van der Waals surface area (Å²) in [5.74, 6) is -1.06. The number of thioether (sulfide) groups is 1. The molecule has 0 spiro atoms. The number of nitrogens with one attached hydrogen (secondary N) is 1. The van der Waals surface area contributed by atoms with E-state index >= 15 is 0 Å². The highest BCUT2D eigenvalue weighted by Crippen LogP contribution is 2.37. The van der Waals surface area contributed by atoms with Crippen molar-refractivity contribution in [3.05, 3.63) is 0 Å². The van der Waals surface area contributed by atoms with Crippen LogP contribution in [0.3, 0.4) is 0 Å². The van der Waals surface area contributed by atoms with Crippen LogP contribution >= 0.6 is 11.8 Å². The quantitative estimate of drug-likeness (QED) is 0.419. The lowest BCUT2D eigenvalue weighted by Crippen LogP contribution is -2.36. The van der Waals surface area contributed by atoms with Crippen LogP contribution in [0.1, 0.15) is 12.8 Å². The largest absolute Gasteiger partial charge is 0.481 e. The molecule has 62 valence electrons. The second-order valence-corrected chi connectivity index (χ2v) is 3.82. The highest BCUT2D eigenvalue weighted by molar-refractivity contribution is 8.14. The average Bonchev–Trinajstić information content (AvgIpc) is 1.78. The van der Waals surface area contributed by atoms with E-state index in [0.717, 1.165) is 24.6 Å². The lowest BCUT2D eigenvalue weighted by atomic mass is 9.85. The van der Waals surface area contributed by atoms with Gasteiger partial charge in [-0.2, -0.15) is 0 Å². The Hall–Kier alpha value is -0.710. The van der Waals surface area contributed by atoms with Gasteiger partial charge in [-0.25, -0.2) is 0 Å². The van der Waals surface area contributed by atoms with E-state index in [1.165, 1.54) is 0 Å². The van der Waals surface area contributed by atoms with Gasteiger partial charge in [-0.05, 0) is 12.8 Å². The van der Waals surface area contributed by atoms with Gasteiger partial charge >= 0.3 is 5.97 Å². The van der Waals surface area contributed by atoms with E-state index in [4.69, 9.17) is 16.2 Å². The average molecular weight is 174 g/mol. The maximum absolute atomic E-state index is 10.4. The molecule has 1 aliphatic rings. The second kappa shape index (κ2) is 3.13. The van der Waals surface area contributed by atoms with Gasteiger partial charge in [0.2, 0.25) is 0 Å². The SMILES string of the molecule is N=C(N)S[C@@H]1CC[C@H]1C(=O)O. The van der Waals surface area contributed by atoms with E-state index in [-0.39, 0.29) is 16.3 Å². The van der Waals surface area contributed by atoms with E-state index in [1.54, 1.807) is 0 Å². The summed E-state index contributed by atoms with van der Waals surface area (Å²) in [5.41, 5.74) is 5.12. The Balaban J connectivity index is 2.37. The first-order chi connectivity index (χ1) is 5.11. The van der Waals surface area contributed by atoms with Crippen LogP contribution in [0.25, 0.3) is 0 Å². The standard InChI is InChI=1S/C6H10N2O2S/c7-6(8)11-4-2-1-3(4)5(9)10/h3-4H,1-2H2,(H3,7,8)(H,9,10)/t3-,4-/m1/s1. The lowest BCUT2D eigenvalue weighted by Gasteiger charge is -2.31. The summed E-state index contributed by atoms with van der Waals surface area (Å²) in [4.78, 5) is 10.4. The highest BCUT2D eigenvalue weighted by Gasteiger charge is 2.37. The zero-order chi connectivity index (χ0) is 8.43. The Morgan fingerprint density at radius 3 is 2.55 bits per heavy atom. The van der Waals surface area contributed by atoms with Crippen molar-refractivity contribution in [3.8, 4) is 0 Å². The number of amidine groups is 1. The zero-order valence-corrected chi connectivity index (χ0v) is 6.73. The minimum atomic E-state index is -0.769. The van der Waals surface area contributed by atoms with Gasteiger partial charge < -0.3 is 10.8 Å². The Morgan fingerprint density at radius 1 is 1.64 bits per heavy atom. The number of aliphatic carboxylic acids is 1. The van der Waals surface area contributed by atoms with Crippen LogP contribution < -0.4 is 5.73 Å². The van der Waals surface area contributed by atoms with Gasteiger partial charge in [0.1, 0.15) is 0 Å². The predicted octanol–water partition coefficient (Wildman–Crippen LogP) is 0.476. The molecule has 1 saturated carbocycles. The molecule has 0 bridgehead atoms. The summed E-state index contributed by atoms with van der Waals surface area (Å²) in [6, 6.07) is 0. The van der Waals surface area contributed by atoms with Gasteiger partial charge in [0.15, 0.2) is 5.17 Å². The molecule has 1 aliphatic carbocycles. The third-order valence-corrected chi connectivity index (χ3v) is 2.93. The maximum Gasteiger partial charge on any atom is 0.307 e. The van der Waals surface area contributed by atoms with Gasteiger partial charge in [0, 0.05) is 5.25 Å². The molecule has 2 atom stereocenters. The second-order valence-electron chi connectivity index (χ2n) is 2.54. The van der Waals surface area contributed by atoms with Crippen molar-refractivity contribution in [1.29, 1.82) is 5.41 Å². The molecule has 0 radical (unpaired) electrons.